The number of rotatable bonds is 4. The zero-order chi connectivity index (χ0) is 16.1. The van der Waals surface area contributed by atoms with Crippen LogP contribution in [0.25, 0.3) is 0 Å². The van der Waals surface area contributed by atoms with Crippen molar-refractivity contribution in [3.63, 3.8) is 0 Å². The Morgan fingerprint density at radius 1 is 0.739 bits per heavy atom. The van der Waals surface area contributed by atoms with Crippen molar-refractivity contribution in [2.45, 2.75) is 0 Å². The lowest BCUT2D eigenvalue weighted by Crippen LogP contribution is -2.03. The molecule has 0 aliphatic carbocycles. The normalized spacial score (nSPS) is 11.2. The summed E-state index contributed by atoms with van der Waals surface area (Å²) in [7, 11) is 0. The van der Waals surface area contributed by atoms with Crippen molar-refractivity contribution < 1.29 is 4.92 Å². The highest BCUT2D eigenvalue weighted by Gasteiger charge is 2.10. The molecule has 0 aliphatic rings. The molecule has 0 bridgehead atoms. The third-order valence-electron chi connectivity index (χ3n) is 3.40. The van der Waals surface area contributed by atoms with Gasteiger partial charge < -0.3 is 0 Å². The van der Waals surface area contributed by atoms with Crippen molar-refractivity contribution in [3.8, 4) is 0 Å². The van der Waals surface area contributed by atoms with Gasteiger partial charge in [0.15, 0.2) is 0 Å². The van der Waals surface area contributed by atoms with Gasteiger partial charge in [-0.2, -0.15) is 0 Å². The maximum atomic E-state index is 10.8. The molecule has 0 amide bonds. The number of nitro benzene ring substituents is 1. The molecule has 0 saturated heterocycles. The molecule has 0 N–H and O–H groups in total. The Labute approximate surface area is 133 Å². The van der Waals surface area contributed by atoms with Crippen LogP contribution in [0.5, 0.6) is 0 Å². The molecule has 0 aliphatic heterocycles. The maximum absolute atomic E-state index is 10.8. The van der Waals surface area contributed by atoms with Gasteiger partial charge in [-0.25, -0.2) is 4.99 Å². The minimum atomic E-state index is -0.402. The van der Waals surface area contributed by atoms with E-state index in [2.05, 4.69) is 0 Å². The molecule has 4 heteroatoms. The Balaban J connectivity index is 2.09. The largest absolute Gasteiger partial charge is 0.269 e. The number of nitro groups is 1. The summed E-state index contributed by atoms with van der Waals surface area (Å²) in [6.45, 7) is 0. The molecule has 4 nitrogen and oxygen atoms in total. The van der Waals surface area contributed by atoms with Crippen LogP contribution in [-0.2, 0) is 0 Å². The van der Waals surface area contributed by atoms with Crippen molar-refractivity contribution in [2.75, 3.05) is 0 Å². The minimum Gasteiger partial charge on any atom is -0.258 e. The first kappa shape index (κ1) is 14.7. The second-order valence-corrected chi connectivity index (χ2v) is 4.97. The van der Waals surface area contributed by atoms with Gasteiger partial charge in [-0.05, 0) is 24.3 Å². The molecule has 0 radical (unpaired) electrons. The Bertz CT molecular complexity index is 826. The van der Waals surface area contributed by atoms with Gasteiger partial charge in [-0.3, -0.25) is 10.1 Å². The molecule has 112 valence electrons. The number of non-ortho nitro benzene ring substituents is 1. The Hall–Kier alpha value is -3.27. The molecular weight excluding hydrogens is 288 g/mol. The van der Waals surface area contributed by atoms with E-state index < -0.39 is 4.92 Å². The second kappa shape index (κ2) is 6.66. The lowest BCUT2D eigenvalue weighted by Gasteiger charge is -2.07. The van der Waals surface area contributed by atoms with Crippen molar-refractivity contribution in [1.29, 1.82) is 0 Å². The molecule has 0 aromatic heterocycles. The van der Waals surface area contributed by atoms with E-state index in [4.69, 9.17) is 4.99 Å². The molecule has 0 atom stereocenters. The summed E-state index contributed by atoms with van der Waals surface area (Å²) < 4.78 is 0. The third-order valence-corrected chi connectivity index (χ3v) is 3.40. The Kier molecular flexibility index (Phi) is 4.25. The number of hydrogen-bond donors (Lipinski definition) is 0. The smallest absolute Gasteiger partial charge is 0.258 e. The molecule has 3 aromatic carbocycles. The summed E-state index contributed by atoms with van der Waals surface area (Å²) >= 11 is 0. The van der Waals surface area contributed by atoms with Crippen molar-refractivity contribution in [2.24, 2.45) is 4.99 Å². The highest BCUT2D eigenvalue weighted by Crippen LogP contribution is 2.20. The minimum absolute atomic E-state index is 0.0703. The van der Waals surface area contributed by atoms with Crippen LogP contribution >= 0.6 is 0 Å². The van der Waals surface area contributed by atoms with Crippen LogP contribution in [-0.4, -0.2) is 10.6 Å². The maximum Gasteiger partial charge on any atom is 0.269 e. The van der Waals surface area contributed by atoms with E-state index in [1.165, 1.54) is 12.1 Å². The molecular formula is C19H14N2O2. The van der Waals surface area contributed by atoms with E-state index in [1.807, 2.05) is 60.7 Å². The van der Waals surface area contributed by atoms with E-state index >= 15 is 0 Å². The standard InChI is InChI=1S/C19H14N2O2/c22-21(23)18-13-11-16(12-14-18)19(15-7-3-1-4-8-15)20-17-9-5-2-6-10-17/h1-14H. The van der Waals surface area contributed by atoms with Crippen LogP contribution in [0.1, 0.15) is 11.1 Å². The molecule has 0 unspecified atom stereocenters. The van der Waals surface area contributed by atoms with Crippen LogP contribution in [0.3, 0.4) is 0 Å². The van der Waals surface area contributed by atoms with Gasteiger partial charge in [-0.1, -0.05) is 48.5 Å². The predicted molar refractivity (Wildman–Crippen MR) is 91.3 cm³/mol. The topological polar surface area (TPSA) is 55.5 Å². The zero-order valence-corrected chi connectivity index (χ0v) is 12.3. The molecule has 3 aromatic rings. The van der Waals surface area contributed by atoms with E-state index in [0.717, 1.165) is 22.5 Å². The first-order valence-corrected chi connectivity index (χ1v) is 7.18. The van der Waals surface area contributed by atoms with Gasteiger partial charge in [0.1, 0.15) is 0 Å². The first-order valence-electron chi connectivity index (χ1n) is 7.18. The summed E-state index contributed by atoms with van der Waals surface area (Å²) in [4.78, 5) is 15.1. The number of hydrogen-bond acceptors (Lipinski definition) is 3. The Morgan fingerprint density at radius 2 is 1.26 bits per heavy atom. The number of benzene rings is 3. The van der Waals surface area contributed by atoms with Crippen LogP contribution in [0.2, 0.25) is 0 Å². The van der Waals surface area contributed by atoms with Gasteiger partial charge >= 0.3 is 0 Å². The van der Waals surface area contributed by atoms with Crippen molar-refractivity contribution in [3.05, 3.63) is 106 Å². The fourth-order valence-corrected chi connectivity index (χ4v) is 2.26. The van der Waals surface area contributed by atoms with Crippen LogP contribution in [0, 0.1) is 10.1 Å². The van der Waals surface area contributed by atoms with Gasteiger partial charge in [0.05, 0.1) is 16.3 Å². The van der Waals surface area contributed by atoms with Gasteiger partial charge in [0.25, 0.3) is 5.69 Å². The SMILES string of the molecule is O=[N+]([O-])c1ccc(C(=Nc2ccccc2)c2ccccc2)cc1. The summed E-state index contributed by atoms with van der Waals surface area (Å²) in [5, 5.41) is 10.8. The molecule has 0 saturated carbocycles. The van der Waals surface area contributed by atoms with Crippen LogP contribution in [0.4, 0.5) is 11.4 Å². The number of nitrogens with zero attached hydrogens (tertiary/aromatic N) is 2. The van der Waals surface area contributed by atoms with Gasteiger partial charge in [0.2, 0.25) is 0 Å². The average Bonchev–Trinajstić information content (AvgIpc) is 2.61. The lowest BCUT2D eigenvalue weighted by atomic mass is 10.0. The Morgan fingerprint density at radius 3 is 1.83 bits per heavy atom. The fourth-order valence-electron chi connectivity index (χ4n) is 2.26. The summed E-state index contributed by atoms with van der Waals surface area (Å²) in [5.41, 5.74) is 3.49. The summed E-state index contributed by atoms with van der Waals surface area (Å²) in [5.74, 6) is 0. The lowest BCUT2D eigenvalue weighted by molar-refractivity contribution is -0.384. The second-order valence-electron chi connectivity index (χ2n) is 4.97. The highest BCUT2D eigenvalue weighted by atomic mass is 16.6. The van der Waals surface area contributed by atoms with Crippen molar-refractivity contribution in [1.82, 2.24) is 0 Å². The molecule has 3 rings (SSSR count). The molecule has 0 fully saturated rings. The van der Waals surface area contributed by atoms with Gasteiger partial charge in [0, 0.05) is 23.3 Å². The summed E-state index contributed by atoms with van der Waals surface area (Å²) in [6, 6.07) is 25.9. The molecule has 23 heavy (non-hydrogen) atoms. The molecule has 0 heterocycles. The predicted octanol–water partition coefficient (Wildman–Crippen LogP) is 4.76. The third kappa shape index (κ3) is 3.49. The van der Waals surface area contributed by atoms with Crippen molar-refractivity contribution >= 4 is 17.1 Å². The average molecular weight is 302 g/mol. The van der Waals surface area contributed by atoms with E-state index in [1.54, 1.807) is 12.1 Å². The monoisotopic (exact) mass is 302 g/mol. The van der Waals surface area contributed by atoms with Crippen LogP contribution < -0.4 is 0 Å². The summed E-state index contributed by atoms with van der Waals surface area (Å²) in [6.07, 6.45) is 0. The van der Waals surface area contributed by atoms with E-state index in [0.29, 0.717) is 0 Å². The van der Waals surface area contributed by atoms with E-state index in [9.17, 15) is 10.1 Å². The first-order chi connectivity index (χ1) is 11.2. The number of aliphatic imine (C=N–C) groups is 1. The molecule has 0 spiro atoms. The highest BCUT2D eigenvalue weighted by molar-refractivity contribution is 6.14. The zero-order valence-electron chi connectivity index (χ0n) is 12.3. The fraction of sp³-hybridized carbons (Fsp3) is 0. The van der Waals surface area contributed by atoms with Crippen LogP contribution in [0.15, 0.2) is 89.9 Å². The number of para-hydroxylation sites is 1. The van der Waals surface area contributed by atoms with E-state index in [-0.39, 0.29) is 5.69 Å². The van der Waals surface area contributed by atoms with Gasteiger partial charge in [-0.15, -0.1) is 0 Å². The quantitative estimate of drug-likeness (QED) is 0.396.